The molecule has 5 nitrogen and oxygen atoms in total. The number of hydrogen-bond acceptors (Lipinski definition) is 3. The molecular formula is C20H25N3O2. The van der Waals surface area contributed by atoms with Crippen molar-refractivity contribution in [3.8, 4) is 0 Å². The van der Waals surface area contributed by atoms with Crippen molar-refractivity contribution >= 4 is 17.5 Å². The number of nitrogens with one attached hydrogen (secondary N) is 2. The van der Waals surface area contributed by atoms with E-state index in [2.05, 4.69) is 16.7 Å². The van der Waals surface area contributed by atoms with Crippen LogP contribution in [-0.2, 0) is 16.0 Å². The Labute approximate surface area is 148 Å². The van der Waals surface area contributed by atoms with Crippen LogP contribution in [0.25, 0.3) is 0 Å². The van der Waals surface area contributed by atoms with E-state index in [1.165, 1.54) is 18.4 Å². The summed E-state index contributed by atoms with van der Waals surface area (Å²) in [6.07, 6.45) is 8.73. The first-order chi connectivity index (χ1) is 12.2. The molecule has 0 bridgehead atoms. The van der Waals surface area contributed by atoms with Crippen LogP contribution in [0.15, 0.2) is 36.4 Å². The number of amides is 2. The van der Waals surface area contributed by atoms with Crippen LogP contribution in [0.5, 0.6) is 0 Å². The van der Waals surface area contributed by atoms with Gasteiger partial charge in [-0.3, -0.25) is 9.59 Å². The standard InChI is InChI=1S/C20H25N3O2/c24-19(23-12-10-15-3-1-2-4-18(15)23)8-7-16(13-14-5-6-14)22-20(25)17-9-11-21-17/h1-4,7-8,14,16-17,21H,5-6,9-13H2,(H,22,25). The molecule has 2 N–H and O–H groups in total. The van der Waals surface area contributed by atoms with Crippen molar-refractivity contribution in [2.45, 2.75) is 44.2 Å². The van der Waals surface area contributed by atoms with Gasteiger partial charge in [-0.1, -0.05) is 37.1 Å². The lowest BCUT2D eigenvalue weighted by Gasteiger charge is -2.28. The molecule has 1 saturated heterocycles. The number of carbonyl (C=O) groups excluding carboxylic acids is 2. The highest BCUT2D eigenvalue weighted by Gasteiger charge is 2.29. The number of benzene rings is 1. The quantitative estimate of drug-likeness (QED) is 0.777. The van der Waals surface area contributed by atoms with Gasteiger partial charge in [-0.25, -0.2) is 0 Å². The van der Waals surface area contributed by atoms with Crippen molar-refractivity contribution in [1.29, 1.82) is 0 Å². The van der Waals surface area contributed by atoms with Crippen molar-refractivity contribution in [2.24, 2.45) is 5.92 Å². The topological polar surface area (TPSA) is 61.4 Å². The maximum atomic E-state index is 12.6. The normalized spacial score (nSPS) is 23.2. The summed E-state index contributed by atoms with van der Waals surface area (Å²) in [6.45, 7) is 1.64. The average molecular weight is 339 g/mol. The van der Waals surface area contributed by atoms with Crippen LogP contribution >= 0.6 is 0 Å². The second-order valence-corrected chi connectivity index (χ2v) is 7.32. The first-order valence-corrected chi connectivity index (χ1v) is 9.32. The van der Waals surface area contributed by atoms with Gasteiger partial charge < -0.3 is 15.5 Å². The number of rotatable bonds is 6. The van der Waals surface area contributed by atoms with Crippen molar-refractivity contribution in [3.63, 3.8) is 0 Å². The molecule has 1 aromatic carbocycles. The maximum absolute atomic E-state index is 12.6. The van der Waals surface area contributed by atoms with Crippen LogP contribution in [0.4, 0.5) is 5.69 Å². The fourth-order valence-corrected chi connectivity index (χ4v) is 3.55. The summed E-state index contributed by atoms with van der Waals surface area (Å²) in [4.78, 5) is 26.6. The third-order valence-electron chi connectivity index (χ3n) is 5.38. The van der Waals surface area contributed by atoms with Gasteiger partial charge in [0.1, 0.15) is 0 Å². The molecule has 2 heterocycles. The number of hydrogen-bond donors (Lipinski definition) is 2. The van der Waals surface area contributed by atoms with Crippen LogP contribution in [0, 0.1) is 5.92 Å². The SMILES string of the molecule is O=C(NC(C=CC(=O)N1CCc2ccccc21)CC1CC1)C1CCN1. The highest BCUT2D eigenvalue weighted by molar-refractivity contribution is 6.03. The van der Waals surface area contributed by atoms with Gasteiger partial charge in [0, 0.05) is 24.4 Å². The molecule has 2 unspecified atom stereocenters. The first-order valence-electron chi connectivity index (χ1n) is 9.32. The molecule has 4 rings (SSSR count). The van der Waals surface area contributed by atoms with Gasteiger partial charge in [-0.2, -0.15) is 0 Å². The van der Waals surface area contributed by atoms with E-state index >= 15 is 0 Å². The molecule has 2 atom stereocenters. The molecule has 2 amide bonds. The number of fused-ring (bicyclic) bond motifs is 1. The molecule has 2 fully saturated rings. The van der Waals surface area contributed by atoms with Gasteiger partial charge in [-0.05, 0) is 43.4 Å². The Balaban J connectivity index is 1.40. The zero-order chi connectivity index (χ0) is 17.2. The molecule has 2 aliphatic heterocycles. The van der Waals surface area contributed by atoms with Gasteiger partial charge in [0.2, 0.25) is 5.91 Å². The van der Waals surface area contributed by atoms with Gasteiger partial charge in [0.05, 0.1) is 6.04 Å². The zero-order valence-corrected chi connectivity index (χ0v) is 14.4. The van der Waals surface area contributed by atoms with E-state index in [-0.39, 0.29) is 23.9 Å². The van der Waals surface area contributed by atoms with Crippen LogP contribution in [0.3, 0.4) is 0 Å². The van der Waals surface area contributed by atoms with E-state index < -0.39 is 0 Å². The monoisotopic (exact) mass is 339 g/mol. The van der Waals surface area contributed by atoms with Crippen molar-refractivity contribution in [2.75, 3.05) is 18.0 Å². The lowest BCUT2D eigenvalue weighted by molar-refractivity contribution is -0.125. The van der Waals surface area contributed by atoms with Crippen LogP contribution < -0.4 is 15.5 Å². The summed E-state index contributed by atoms with van der Waals surface area (Å²) in [5.74, 6) is 0.745. The molecule has 1 saturated carbocycles. The molecule has 0 radical (unpaired) electrons. The summed E-state index contributed by atoms with van der Waals surface area (Å²) in [6, 6.07) is 7.95. The molecule has 25 heavy (non-hydrogen) atoms. The smallest absolute Gasteiger partial charge is 0.250 e. The van der Waals surface area contributed by atoms with E-state index in [1.807, 2.05) is 29.2 Å². The van der Waals surface area contributed by atoms with Crippen molar-refractivity contribution in [3.05, 3.63) is 42.0 Å². The van der Waals surface area contributed by atoms with E-state index in [0.29, 0.717) is 5.92 Å². The molecule has 1 aliphatic carbocycles. The molecule has 1 aromatic rings. The van der Waals surface area contributed by atoms with E-state index in [9.17, 15) is 9.59 Å². The molecule has 3 aliphatic rings. The van der Waals surface area contributed by atoms with Crippen molar-refractivity contribution in [1.82, 2.24) is 10.6 Å². The van der Waals surface area contributed by atoms with E-state index in [0.717, 1.165) is 38.0 Å². The second-order valence-electron chi connectivity index (χ2n) is 7.32. The van der Waals surface area contributed by atoms with Gasteiger partial charge >= 0.3 is 0 Å². The summed E-state index contributed by atoms with van der Waals surface area (Å²) in [5.41, 5.74) is 2.24. The van der Waals surface area contributed by atoms with Gasteiger partial charge in [0.15, 0.2) is 0 Å². The number of anilines is 1. The minimum Gasteiger partial charge on any atom is -0.349 e. The van der Waals surface area contributed by atoms with Crippen LogP contribution in [0.2, 0.25) is 0 Å². The summed E-state index contributed by atoms with van der Waals surface area (Å²) in [5, 5.41) is 6.23. The van der Waals surface area contributed by atoms with E-state index in [1.54, 1.807) is 6.08 Å². The fourth-order valence-electron chi connectivity index (χ4n) is 3.55. The Morgan fingerprint density at radius 1 is 1.28 bits per heavy atom. The fraction of sp³-hybridized carbons (Fsp3) is 0.500. The van der Waals surface area contributed by atoms with Gasteiger partial charge in [0.25, 0.3) is 5.91 Å². The first kappa shape index (κ1) is 16.3. The molecule has 0 aromatic heterocycles. The minimum absolute atomic E-state index is 0.00163. The predicted molar refractivity (Wildman–Crippen MR) is 97.3 cm³/mol. The molecule has 132 valence electrons. The second kappa shape index (κ2) is 7.00. The number of para-hydroxylation sites is 1. The lowest BCUT2D eigenvalue weighted by Crippen LogP contribution is -2.54. The number of nitrogens with zero attached hydrogens (tertiary/aromatic N) is 1. The van der Waals surface area contributed by atoms with Gasteiger partial charge in [-0.15, -0.1) is 0 Å². The Morgan fingerprint density at radius 3 is 2.80 bits per heavy atom. The summed E-state index contributed by atoms with van der Waals surface area (Å²) < 4.78 is 0. The lowest BCUT2D eigenvalue weighted by atomic mass is 10.0. The molecular weight excluding hydrogens is 314 g/mol. The summed E-state index contributed by atoms with van der Waals surface area (Å²) in [7, 11) is 0. The van der Waals surface area contributed by atoms with Crippen LogP contribution in [-0.4, -0.2) is 37.0 Å². The third kappa shape index (κ3) is 3.76. The predicted octanol–water partition coefficient (Wildman–Crippen LogP) is 1.78. The van der Waals surface area contributed by atoms with Crippen molar-refractivity contribution < 1.29 is 9.59 Å². The Bertz CT molecular complexity index is 692. The maximum Gasteiger partial charge on any atom is 0.250 e. The Morgan fingerprint density at radius 2 is 2.08 bits per heavy atom. The number of carbonyl (C=O) groups is 2. The zero-order valence-electron chi connectivity index (χ0n) is 14.4. The Kier molecular flexibility index (Phi) is 4.57. The van der Waals surface area contributed by atoms with E-state index in [4.69, 9.17) is 0 Å². The third-order valence-corrected chi connectivity index (χ3v) is 5.38. The highest BCUT2D eigenvalue weighted by Crippen LogP contribution is 2.34. The molecule has 5 heteroatoms. The highest BCUT2D eigenvalue weighted by atomic mass is 16.2. The van der Waals surface area contributed by atoms with Crippen LogP contribution in [0.1, 0.15) is 31.2 Å². The summed E-state index contributed by atoms with van der Waals surface area (Å²) >= 11 is 0. The minimum atomic E-state index is -0.0590. The Hall–Kier alpha value is -2.14. The average Bonchev–Trinajstić information content (AvgIpc) is 3.26. The molecule has 0 spiro atoms. The largest absolute Gasteiger partial charge is 0.349 e.